The molecule has 0 N–H and O–H groups in total. The maximum absolute atomic E-state index is 13.2. The van der Waals surface area contributed by atoms with E-state index in [0.717, 1.165) is 37.7 Å². The van der Waals surface area contributed by atoms with Crippen LogP contribution in [0.4, 0.5) is 0 Å². The van der Waals surface area contributed by atoms with E-state index in [9.17, 15) is 9.59 Å². The molecular formula is C20H29N3O2S. The highest BCUT2D eigenvalue weighted by Crippen LogP contribution is 2.31. The van der Waals surface area contributed by atoms with Crippen LogP contribution in [0.15, 0.2) is 11.1 Å². The summed E-state index contributed by atoms with van der Waals surface area (Å²) >= 11 is 1.37. The fraction of sp³-hybridized carbons (Fsp3) is 0.650. The molecule has 0 aliphatic carbocycles. The van der Waals surface area contributed by atoms with E-state index in [1.165, 1.54) is 17.8 Å². The molecule has 5 nitrogen and oxygen atoms in total. The molecule has 1 saturated heterocycles. The standard InChI is InChI=1S/C20H29N3O2S/c1-5-6-7-11-22-12-21-18-16(19(22)24)15(4)17(26-18)20(25)23-13(2)9-8-10-14(23)3/h12-14H,5-11H2,1-4H3. The molecule has 26 heavy (non-hydrogen) atoms. The molecule has 3 heterocycles. The maximum atomic E-state index is 13.2. The summed E-state index contributed by atoms with van der Waals surface area (Å²) in [5.74, 6) is 0.0575. The number of hydrogen-bond donors (Lipinski definition) is 0. The number of unbranched alkanes of at least 4 members (excludes halogenated alkanes) is 2. The van der Waals surface area contributed by atoms with Gasteiger partial charge < -0.3 is 4.90 Å². The van der Waals surface area contributed by atoms with Crippen molar-refractivity contribution in [3.8, 4) is 0 Å². The Morgan fingerprint density at radius 1 is 1.27 bits per heavy atom. The van der Waals surface area contributed by atoms with Crippen molar-refractivity contribution in [2.75, 3.05) is 0 Å². The molecule has 1 fully saturated rings. The van der Waals surface area contributed by atoms with Gasteiger partial charge in [0.25, 0.3) is 11.5 Å². The Kier molecular flexibility index (Phi) is 5.80. The lowest BCUT2D eigenvalue weighted by molar-refractivity contribution is 0.0515. The van der Waals surface area contributed by atoms with Crippen molar-refractivity contribution >= 4 is 27.5 Å². The number of carbonyl (C=O) groups excluding carboxylic acids is 1. The van der Waals surface area contributed by atoms with Crippen molar-refractivity contribution in [1.29, 1.82) is 0 Å². The third-order valence-electron chi connectivity index (χ3n) is 5.54. The van der Waals surface area contributed by atoms with Crippen molar-refractivity contribution in [2.45, 2.75) is 84.8 Å². The van der Waals surface area contributed by atoms with Gasteiger partial charge in [-0.2, -0.15) is 0 Å². The summed E-state index contributed by atoms with van der Waals surface area (Å²) in [4.78, 5) is 33.9. The molecule has 0 radical (unpaired) electrons. The average Bonchev–Trinajstić information content (AvgIpc) is 2.94. The van der Waals surface area contributed by atoms with Gasteiger partial charge in [-0.1, -0.05) is 19.8 Å². The minimum atomic E-state index is -0.0151. The molecule has 1 amide bonds. The fourth-order valence-corrected chi connectivity index (χ4v) is 5.08. The Morgan fingerprint density at radius 3 is 2.62 bits per heavy atom. The Labute approximate surface area is 159 Å². The Hall–Kier alpha value is -1.69. The van der Waals surface area contributed by atoms with Crippen LogP contribution in [0.25, 0.3) is 10.2 Å². The van der Waals surface area contributed by atoms with Gasteiger partial charge >= 0.3 is 0 Å². The van der Waals surface area contributed by atoms with Gasteiger partial charge in [0.15, 0.2) is 0 Å². The largest absolute Gasteiger partial charge is 0.333 e. The molecule has 2 aromatic rings. The maximum Gasteiger partial charge on any atom is 0.264 e. The number of carbonyl (C=O) groups is 1. The Balaban J connectivity index is 1.97. The molecule has 1 aliphatic rings. The number of likely N-dealkylation sites (tertiary alicyclic amines) is 1. The summed E-state index contributed by atoms with van der Waals surface area (Å²) in [6.07, 6.45) is 8.08. The number of hydrogen-bond acceptors (Lipinski definition) is 4. The SMILES string of the molecule is CCCCCn1cnc2sc(C(=O)N3C(C)CCCC3C)c(C)c2c1=O. The third kappa shape index (κ3) is 3.43. The van der Waals surface area contributed by atoms with Gasteiger partial charge in [0.2, 0.25) is 0 Å². The number of fused-ring (bicyclic) bond motifs is 1. The molecule has 3 rings (SSSR count). The van der Waals surface area contributed by atoms with Crippen LogP contribution in [0, 0.1) is 6.92 Å². The number of amides is 1. The highest BCUT2D eigenvalue weighted by Gasteiger charge is 2.32. The first kappa shape index (κ1) is 19.1. The van der Waals surface area contributed by atoms with Crippen molar-refractivity contribution in [1.82, 2.24) is 14.5 Å². The smallest absolute Gasteiger partial charge is 0.264 e. The highest BCUT2D eigenvalue weighted by molar-refractivity contribution is 7.20. The van der Waals surface area contributed by atoms with Crippen LogP contribution in [-0.4, -0.2) is 32.4 Å². The van der Waals surface area contributed by atoms with E-state index in [1.54, 1.807) is 10.9 Å². The molecule has 142 valence electrons. The van der Waals surface area contributed by atoms with E-state index < -0.39 is 0 Å². The van der Waals surface area contributed by atoms with E-state index >= 15 is 0 Å². The van der Waals surface area contributed by atoms with E-state index in [-0.39, 0.29) is 23.6 Å². The van der Waals surface area contributed by atoms with Gasteiger partial charge in [-0.3, -0.25) is 14.2 Å². The predicted molar refractivity (Wildman–Crippen MR) is 107 cm³/mol. The lowest BCUT2D eigenvalue weighted by atomic mass is 9.97. The van der Waals surface area contributed by atoms with Crippen LogP contribution in [0.3, 0.4) is 0 Å². The number of nitrogens with zero attached hydrogens (tertiary/aromatic N) is 3. The van der Waals surface area contributed by atoms with Gasteiger partial charge in [-0.15, -0.1) is 11.3 Å². The number of thiophene rings is 1. The first-order valence-corrected chi connectivity index (χ1v) is 10.6. The number of aryl methyl sites for hydroxylation is 2. The van der Waals surface area contributed by atoms with E-state index in [0.29, 0.717) is 21.6 Å². The van der Waals surface area contributed by atoms with Crippen LogP contribution in [0.2, 0.25) is 0 Å². The fourth-order valence-electron chi connectivity index (χ4n) is 3.99. The van der Waals surface area contributed by atoms with Crippen molar-refractivity contribution in [2.24, 2.45) is 0 Å². The summed E-state index contributed by atoms with van der Waals surface area (Å²) in [6.45, 7) is 8.97. The average molecular weight is 376 g/mol. The van der Waals surface area contributed by atoms with Crippen molar-refractivity contribution < 1.29 is 4.79 Å². The second-order valence-electron chi connectivity index (χ2n) is 7.53. The minimum Gasteiger partial charge on any atom is -0.333 e. The summed E-state index contributed by atoms with van der Waals surface area (Å²) in [5, 5.41) is 0.620. The monoisotopic (exact) mass is 375 g/mol. The van der Waals surface area contributed by atoms with Gasteiger partial charge in [0.05, 0.1) is 16.6 Å². The molecule has 0 aromatic carbocycles. The van der Waals surface area contributed by atoms with Crippen molar-refractivity contribution in [3.05, 3.63) is 27.1 Å². The molecule has 2 unspecified atom stereocenters. The van der Waals surface area contributed by atoms with Gasteiger partial charge in [0.1, 0.15) is 4.83 Å². The van der Waals surface area contributed by atoms with Crippen LogP contribution in [-0.2, 0) is 6.54 Å². The summed E-state index contributed by atoms with van der Waals surface area (Å²) in [5.41, 5.74) is 0.779. The van der Waals surface area contributed by atoms with E-state index in [4.69, 9.17) is 0 Å². The third-order valence-corrected chi connectivity index (χ3v) is 6.73. The lowest BCUT2D eigenvalue weighted by Crippen LogP contribution is -2.47. The quantitative estimate of drug-likeness (QED) is 0.730. The molecule has 1 aliphatic heterocycles. The van der Waals surface area contributed by atoms with Crippen LogP contribution < -0.4 is 5.56 Å². The summed E-state index contributed by atoms with van der Waals surface area (Å²) in [6, 6.07) is 0.490. The minimum absolute atomic E-state index is 0.0151. The second-order valence-corrected chi connectivity index (χ2v) is 8.53. The van der Waals surface area contributed by atoms with E-state index in [2.05, 4.69) is 25.8 Å². The molecule has 0 spiro atoms. The zero-order valence-electron chi connectivity index (χ0n) is 16.2. The number of aromatic nitrogens is 2. The molecule has 0 saturated carbocycles. The molecule has 0 bridgehead atoms. The Morgan fingerprint density at radius 2 is 1.96 bits per heavy atom. The molecule has 2 atom stereocenters. The first-order chi connectivity index (χ1) is 12.5. The van der Waals surface area contributed by atoms with Crippen molar-refractivity contribution in [3.63, 3.8) is 0 Å². The summed E-state index contributed by atoms with van der Waals surface area (Å²) < 4.78 is 1.69. The lowest BCUT2D eigenvalue weighted by Gasteiger charge is -2.39. The highest BCUT2D eigenvalue weighted by atomic mass is 32.1. The van der Waals surface area contributed by atoms with E-state index in [1.807, 2.05) is 11.8 Å². The molecular weight excluding hydrogens is 346 g/mol. The molecule has 6 heteroatoms. The Bertz CT molecular complexity index is 845. The van der Waals surface area contributed by atoms with Gasteiger partial charge in [-0.25, -0.2) is 4.98 Å². The summed E-state index contributed by atoms with van der Waals surface area (Å²) in [7, 11) is 0. The number of piperidine rings is 1. The zero-order chi connectivity index (χ0) is 18.8. The second kappa shape index (κ2) is 7.91. The van der Waals surface area contributed by atoms with Gasteiger partial charge in [-0.05, 0) is 52.0 Å². The van der Waals surface area contributed by atoms with Gasteiger partial charge in [0, 0.05) is 18.6 Å². The zero-order valence-corrected chi connectivity index (χ0v) is 17.1. The topological polar surface area (TPSA) is 55.2 Å². The van der Waals surface area contributed by atoms with Crippen LogP contribution >= 0.6 is 11.3 Å². The number of rotatable bonds is 5. The van der Waals surface area contributed by atoms with Crippen LogP contribution in [0.5, 0.6) is 0 Å². The van der Waals surface area contributed by atoms with Crippen LogP contribution in [0.1, 0.15) is 74.5 Å². The first-order valence-electron chi connectivity index (χ1n) is 9.76. The predicted octanol–water partition coefficient (Wildman–Crippen LogP) is 4.36. The molecule has 2 aromatic heterocycles. The normalized spacial score (nSPS) is 20.7.